The Hall–Kier alpha value is -3.75. The van der Waals surface area contributed by atoms with Gasteiger partial charge in [0.15, 0.2) is 11.4 Å². The molecule has 0 aliphatic carbocycles. The molecule has 0 amide bonds. The fourth-order valence-electron chi connectivity index (χ4n) is 4.45. The lowest BCUT2D eigenvalue weighted by atomic mass is 9.93. The highest BCUT2D eigenvalue weighted by Gasteiger charge is 2.36. The third-order valence-electron chi connectivity index (χ3n) is 5.85. The van der Waals surface area contributed by atoms with Crippen LogP contribution in [0.3, 0.4) is 0 Å². The molecule has 0 fully saturated rings. The normalized spacial score (nSPS) is 12.1. The average molecular weight is 568 g/mol. The summed E-state index contributed by atoms with van der Waals surface area (Å²) in [5.41, 5.74) is 6.34. The first-order valence-corrected chi connectivity index (χ1v) is 13.1. The first-order valence-electron chi connectivity index (χ1n) is 12.8. The topological polar surface area (TPSA) is 116 Å². The number of carbonyl (C=O) groups is 2. The zero-order valence-electron chi connectivity index (χ0n) is 24.1. The summed E-state index contributed by atoms with van der Waals surface area (Å²) in [6.45, 7) is 14.3. The van der Waals surface area contributed by atoms with Crippen molar-refractivity contribution in [2.24, 2.45) is 0 Å². The number of carboxylic acids is 1. The van der Waals surface area contributed by atoms with Gasteiger partial charge in [-0.05, 0) is 102 Å². The molecule has 2 aromatic carbocycles. The van der Waals surface area contributed by atoms with Gasteiger partial charge in [-0.2, -0.15) is 0 Å². The summed E-state index contributed by atoms with van der Waals surface area (Å²) in [7, 11) is 0. The molecule has 0 spiro atoms. The standard InChI is InChI=1S/C27H24ClFN2O4.C4H11N/c1-14-11-18(28)12-15(2)21(14)24-23(25(35-30-24)27(4,5)29)26(34)31-13-16(3)22-17(9-10-20(32)33)7-6-8-19(22)31;1-4(2,3)5/h6-13H,1-5H3,(H,32,33);5H2,1-3H3/b10-9+;. The number of nitrogens with zero attached hydrogens (tertiary/aromatic N) is 2. The summed E-state index contributed by atoms with van der Waals surface area (Å²) in [4.78, 5) is 24.9. The maximum atomic E-state index is 15.2. The first kappa shape index (κ1) is 30.8. The largest absolute Gasteiger partial charge is 0.545 e. The zero-order chi connectivity index (χ0) is 30.2. The van der Waals surface area contributed by atoms with Crippen LogP contribution >= 0.6 is 11.6 Å². The van der Waals surface area contributed by atoms with E-state index in [4.69, 9.17) is 16.1 Å². The van der Waals surface area contributed by atoms with E-state index in [0.29, 0.717) is 27.1 Å². The molecule has 40 heavy (non-hydrogen) atoms. The Labute approximate surface area is 238 Å². The number of alkyl halides is 1. The smallest absolute Gasteiger partial charge is 0.268 e. The summed E-state index contributed by atoms with van der Waals surface area (Å²) in [6, 6.07) is 8.69. The van der Waals surface area contributed by atoms with Crippen LogP contribution in [0.4, 0.5) is 4.39 Å². The quantitative estimate of drug-likeness (QED) is 0.317. The molecule has 3 N–H and O–H groups in total. The number of aliphatic carboxylic acids is 1. The Kier molecular flexibility index (Phi) is 8.77. The van der Waals surface area contributed by atoms with Gasteiger partial charge in [0.25, 0.3) is 5.91 Å². The maximum absolute atomic E-state index is 15.2. The van der Waals surface area contributed by atoms with Crippen LogP contribution in [0.25, 0.3) is 28.2 Å². The number of aryl methyl sites for hydroxylation is 3. The molecule has 7 nitrogen and oxygen atoms in total. The molecular formula is C31H35ClFN3O4. The molecule has 0 bridgehead atoms. The summed E-state index contributed by atoms with van der Waals surface area (Å²) in [5.74, 6) is -2.03. The molecule has 0 unspecified atom stereocenters. The van der Waals surface area contributed by atoms with Gasteiger partial charge < -0.3 is 20.2 Å². The van der Waals surface area contributed by atoms with Gasteiger partial charge in [0.1, 0.15) is 11.3 Å². The zero-order valence-corrected chi connectivity index (χ0v) is 24.9. The van der Waals surface area contributed by atoms with Crippen molar-refractivity contribution in [3.05, 3.63) is 81.2 Å². The van der Waals surface area contributed by atoms with Crippen LogP contribution in [0.1, 0.15) is 73.0 Å². The minimum atomic E-state index is -1.98. The number of rotatable bonds is 5. The van der Waals surface area contributed by atoms with Crippen LogP contribution in [0.15, 0.2) is 47.1 Å². The Morgan fingerprint density at radius 3 is 2.17 bits per heavy atom. The second-order valence-electron chi connectivity index (χ2n) is 11.6. The second-order valence-corrected chi connectivity index (χ2v) is 12.0. The Morgan fingerprint density at radius 2 is 1.65 bits per heavy atom. The van der Waals surface area contributed by atoms with Gasteiger partial charge in [-0.25, -0.2) is 4.39 Å². The van der Waals surface area contributed by atoms with Crippen molar-refractivity contribution in [1.29, 1.82) is 0 Å². The van der Waals surface area contributed by atoms with Crippen molar-refractivity contribution in [2.75, 3.05) is 0 Å². The molecule has 0 aliphatic heterocycles. The summed E-state index contributed by atoms with van der Waals surface area (Å²) in [5, 5.41) is 16.3. The van der Waals surface area contributed by atoms with Gasteiger partial charge >= 0.3 is 0 Å². The van der Waals surface area contributed by atoms with E-state index in [9.17, 15) is 14.7 Å². The summed E-state index contributed by atoms with van der Waals surface area (Å²) >= 11 is 6.19. The van der Waals surface area contributed by atoms with Gasteiger partial charge in [-0.3, -0.25) is 9.36 Å². The summed E-state index contributed by atoms with van der Waals surface area (Å²) in [6.07, 6.45) is 3.98. The molecule has 0 saturated heterocycles. The molecule has 0 atom stereocenters. The van der Waals surface area contributed by atoms with Crippen LogP contribution in [0.5, 0.6) is 0 Å². The molecule has 4 rings (SSSR count). The fourth-order valence-corrected chi connectivity index (χ4v) is 4.78. The number of halogens is 2. The van der Waals surface area contributed by atoms with Crippen molar-refractivity contribution in [3.63, 3.8) is 0 Å². The molecule has 9 heteroatoms. The summed E-state index contributed by atoms with van der Waals surface area (Å²) < 4.78 is 22.1. The van der Waals surface area contributed by atoms with Crippen molar-refractivity contribution in [1.82, 2.24) is 9.72 Å². The van der Waals surface area contributed by atoms with Crippen LogP contribution < -0.4 is 10.8 Å². The molecule has 2 heterocycles. The first-order chi connectivity index (χ1) is 18.4. The molecule has 212 valence electrons. The monoisotopic (exact) mass is 567 g/mol. The van der Waals surface area contributed by atoms with Gasteiger partial charge in [0, 0.05) is 22.2 Å². The van der Waals surface area contributed by atoms with E-state index < -0.39 is 17.5 Å². The molecule has 2 aromatic heterocycles. The molecule has 0 saturated carbocycles. The van der Waals surface area contributed by atoms with Gasteiger partial charge in [-0.15, -0.1) is 0 Å². The Balaban J connectivity index is 0.000000810. The van der Waals surface area contributed by atoms with Crippen molar-refractivity contribution < 1.29 is 29.3 Å². The second kappa shape index (κ2) is 11.4. The van der Waals surface area contributed by atoms with Crippen molar-refractivity contribution in [3.8, 4) is 11.3 Å². The Bertz CT molecular complexity index is 1590. The van der Waals surface area contributed by atoms with E-state index >= 15 is 4.39 Å². The van der Waals surface area contributed by atoms with Crippen LogP contribution in [0, 0.1) is 20.8 Å². The maximum Gasteiger partial charge on any atom is 0.268 e. The van der Waals surface area contributed by atoms with Crippen molar-refractivity contribution >= 4 is 40.5 Å². The molecule has 0 radical (unpaired) electrons. The number of carbonyl (C=O) groups excluding carboxylic acids is 2. The lowest BCUT2D eigenvalue weighted by Gasteiger charge is -2.14. The number of hydrogen-bond acceptors (Lipinski definition) is 5. The number of carboxylic acid groups (broad SMARTS) is 1. The van der Waals surface area contributed by atoms with Gasteiger partial charge in [-0.1, -0.05) is 35.0 Å². The third kappa shape index (κ3) is 6.87. The van der Waals surface area contributed by atoms with E-state index in [-0.39, 0.29) is 22.6 Å². The minimum absolute atomic E-state index is 0.0126. The minimum Gasteiger partial charge on any atom is -0.545 e. The van der Waals surface area contributed by atoms with Gasteiger partial charge in [0.2, 0.25) is 0 Å². The van der Waals surface area contributed by atoms with E-state index in [1.165, 1.54) is 24.5 Å². The van der Waals surface area contributed by atoms with Crippen LogP contribution in [-0.2, 0) is 10.5 Å². The predicted molar refractivity (Wildman–Crippen MR) is 154 cm³/mol. The lowest BCUT2D eigenvalue weighted by molar-refractivity contribution is -0.458. The number of aromatic nitrogens is 2. The third-order valence-corrected chi connectivity index (χ3v) is 6.07. The van der Waals surface area contributed by atoms with Crippen LogP contribution in [-0.4, -0.2) is 27.1 Å². The molecule has 4 aromatic rings. The highest BCUT2D eigenvalue weighted by molar-refractivity contribution is 6.30. The van der Waals surface area contributed by atoms with E-state index in [1.807, 2.05) is 20.8 Å². The number of benzene rings is 2. The van der Waals surface area contributed by atoms with E-state index in [1.54, 1.807) is 36.5 Å². The SMILES string of the molecule is CC(C)(C)[NH3+].Cc1cc(Cl)cc(C)c1-c1noc(C(C)(C)F)c1C(=O)n1cc(C)c2c(/C=C/C(=O)[O-])cccc21. The Morgan fingerprint density at radius 1 is 1.07 bits per heavy atom. The average Bonchev–Trinajstić information content (AvgIpc) is 3.38. The fraction of sp³-hybridized carbons (Fsp3) is 0.323. The highest BCUT2D eigenvalue weighted by atomic mass is 35.5. The van der Waals surface area contributed by atoms with E-state index in [2.05, 4.69) is 31.7 Å². The predicted octanol–water partition coefficient (Wildman–Crippen LogP) is 5.56. The number of quaternary nitrogens is 1. The van der Waals surface area contributed by atoms with E-state index in [0.717, 1.165) is 22.8 Å². The number of hydrogen-bond donors (Lipinski definition) is 1. The van der Waals surface area contributed by atoms with Gasteiger partial charge in [0.05, 0.1) is 17.0 Å². The molecular weight excluding hydrogens is 533 g/mol. The van der Waals surface area contributed by atoms with Crippen molar-refractivity contribution in [2.45, 2.75) is 66.6 Å². The lowest BCUT2D eigenvalue weighted by Crippen LogP contribution is -2.67. The number of fused-ring (bicyclic) bond motifs is 1. The van der Waals surface area contributed by atoms with Crippen LogP contribution in [0.2, 0.25) is 5.02 Å². The molecule has 0 aliphatic rings. The highest BCUT2D eigenvalue weighted by Crippen LogP contribution is 2.39.